The minimum Gasteiger partial charge on any atom is -0.384 e. The highest BCUT2D eigenvalue weighted by molar-refractivity contribution is 8.01. The van der Waals surface area contributed by atoms with Crippen molar-refractivity contribution in [1.82, 2.24) is 15.0 Å². The van der Waals surface area contributed by atoms with Crippen LogP contribution in [0.25, 0.3) is 11.3 Å². The number of ether oxygens (including phenoxy) is 1. The normalized spacial score (nSPS) is 18.7. The molecule has 2 aromatic rings. The van der Waals surface area contributed by atoms with E-state index >= 15 is 0 Å². The zero-order chi connectivity index (χ0) is 19.0. The summed E-state index contributed by atoms with van der Waals surface area (Å²) < 4.78 is 20.0. The van der Waals surface area contributed by atoms with Gasteiger partial charge in [-0.15, -0.1) is 11.8 Å². The second-order valence-electron chi connectivity index (χ2n) is 7.29. The summed E-state index contributed by atoms with van der Waals surface area (Å²) in [5.41, 5.74) is 7.49. The van der Waals surface area contributed by atoms with Crippen molar-refractivity contribution in [3.63, 3.8) is 0 Å². The third-order valence-corrected chi connectivity index (χ3v) is 6.33. The summed E-state index contributed by atoms with van der Waals surface area (Å²) in [7, 11) is 0. The number of anilines is 2. The van der Waals surface area contributed by atoms with Gasteiger partial charge in [0.2, 0.25) is 5.95 Å². The van der Waals surface area contributed by atoms with E-state index in [9.17, 15) is 4.39 Å². The molecule has 0 radical (unpaired) electrons. The van der Waals surface area contributed by atoms with Crippen molar-refractivity contribution < 1.29 is 9.13 Å². The Labute approximate surface area is 162 Å². The lowest BCUT2D eigenvalue weighted by atomic mass is 10.1. The Morgan fingerprint density at radius 2 is 1.96 bits per heavy atom. The second kappa shape index (κ2) is 7.24. The monoisotopic (exact) mass is 389 g/mol. The molecule has 2 N–H and O–H groups in total. The van der Waals surface area contributed by atoms with E-state index in [2.05, 4.69) is 28.7 Å². The number of aromatic nitrogens is 3. The molecule has 0 aromatic carbocycles. The fourth-order valence-electron chi connectivity index (χ4n) is 3.34. The molecule has 4 rings (SSSR count). The van der Waals surface area contributed by atoms with Crippen LogP contribution in [0.5, 0.6) is 0 Å². The zero-order valence-electron chi connectivity index (χ0n) is 15.6. The Balaban J connectivity index is 1.79. The largest absolute Gasteiger partial charge is 0.384 e. The first-order chi connectivity index (χ1) is 13.0. The van der Waals surface area contributed by atoms with Gasteiger partial charge in [-0.2, -0.15) is 0 Å². The number of hydrogen-bond acceptors (Lipinski definition) is 7. The number of morpholine rings is 1. The van der Waals surface area contributed by atoms with Crippen LogP contribution in [0, 0.1) is 5.82 Å². The summed E-state index contributed by atoms with van der Waals surface area (Å²) in [4.78, 5) is 15.7. The molecule has 2 fully saturated rings. The third kappa shape index (κ3) is 3.87. The van der Waals surface area contributed by atoms with Crippen LogP contribution in [0.3, 0.4) is 0 Å². The number of hydrogen-bond donors (Lipinski definition) is 1. The lowest BCUT2D eigenvalue weighted by molar-refractivity contribution is 0.122. The smallest absolute Gasteiger partial charge is 0.226 e. The fourth-order valence-corrected chi connectivity index (χ4v) is 4.81. The van der Waals surface area contributed by atoms with Crippen LogP contribution in [0.15, 0.2) is 18.3 Å². The van der Waals surface area contributed by atoms with Crippen molar-refractivity contribution in [2.45, 2.75) is 36.7 Å². The molecule has 6 nitrogen and oxygen atoms in total. The summed E-state index contributed by atoms with van der Waals surface area (Å²) in [5, 5.41) is 0.493. The molecule has 2 aliphatic rings. The lowest BCUT2D eigenvalue weighted by Gasteiger charge is -2.28. The fraction of sp³-hybridized carbons (Fsp3) is 0.526. The van der Waals surface area contributed by atoms with Gasteiger partial charge >= 0.3 is 0 Å². The summed E-state index contributed by atoms with van der Waals surface area (Å²) >= 11 is 1.92. The van der Waals surface area contributed by atoms with Gasteiger partial charge in [-0.05, 0) is 24.2 Å². The van der Waals surface area contributed by atoms with Crippen molar-refractivity contribution in [1.29, 1.82) is 0 Å². The number of pyridine rings is 1. The molecule has 0 amide bonds. The predicted octanol–water partition coefficient (Wildman–Crippen LogP) is 3.23. The maximum atomic E-state index is 14.5. The van der Waals surface area contributed by atoms with E-state index < -0.39 is 5.82 Å². The van der Waals surface area contributed by atoms with Crippen molar-refractivity contribution in [2.75, 3.05) is 36.9 Å². The van der Waals surface area contributed by atoms with E-state index in [0.717, 1.165) is 31.6 Å². The van der Waals surface area contributed by atoms with Gasteiger partial charge in [0.25, 0.3) is 0 Å². The van der Waals surface area contributed by atoms with Crippen LogP contribution in [0.4, 0.5) is 16.2 Å². The Morgan fingerprint density at radius 1 is 1.22 bits per heavy atom. The SMILES string of the molecule is CC(C)SC1(c2cc(-c3cnc(N)cc3F)nc(N3CCOCC3)n2)CC1. The summed E-state index contributed by atoms with van der Waals surface area (Å²) in [6.45, 7) is 7.14. The number of nitrogen functional groups attached to an aromatic ring is 1. The lowest BCUT2D eigenvalue weighted by Crippen LogP contribution is -2.37. The molecule has 1 aliphatic heterocycles. The van der Waals surface area contributed by atoms with Crippen LogP contribution in [0.2, 0.25) is 0 Å². The van der Waals surface area contributed by atoms with Gasteiger partial charge in [-0.3, -0.25) is 0 Å². The Morgan fingerprint density at radius 3 is 2.59 bits per heavy atom. The van der Waals surface area contributed by atoms with E-state index in [1.54, 1.807) is 0 Å². The maximum Gasteiger partial charge on any atom is 0.226 e. The number of nitrogens with two attached hydrogens (primary N) is 1. The van der Waals surface area contributed by atoms with Crippen molar-refractivity contribution in [3.8, 4) is 11.3 Å². The average Bonchev–Trinajstić information content (AvgIpc) is 3.42. The van der Waals surface area contributed by atoms with E-state index in [0.29, 0.717) is 35.7 Å². The van der Waals surface area contributed by atoms with Crippen molar-refractivity contribution in [2.24, 2.45) is 0 Å². The van der Waals surface area contributed by atoms with Crippen LogP contribution < -0.4 is 10.6 Å². The van der Waals surface area contributed by atoms with Gasteiger partial charge < -0.3 is 15.4 Å². The van der Waals surface area contributed by atoms with Gasteiger partial charge in [0, 0.05) is 25.4 Å². The van der Waals surface area contributed by atoms with Gasteiger partial charge in [0.1, 0.15) is 11.6 Å². The van der Waals surface area contributed by atoms with E-state index in [1.807, 2.05) is 17.8 Å². The molecule has 2 aromatic heterocycles. The number of halogens is 1. The van der Waals surface area contributed by atoms with E-state index in [4.69, 9.17) is 15.5 Å². The molecule has 144 valence electrons. The van der Waals surface area contributed by atoms with Gasteiger partial charge in [0.05, 0.1) is 34.9 Å². The summed E-state index contributed by atoms with van der Waals surface area (Å²) in [5.74, 6) is 0.382. The first-order valence-corrected chi connectivity index (χ1v) is 10.2. The number of thioether (sulfide) groups is 1. The second-order valence-corrected chi connectivity index (χ2v) is 9.25. The first kappa shape index (κ1) is 18.4. The number of nitrogens with zero attached hydrogens (tertiary/aromatic N) is 4. The minimum absolute atomic E-state index is 0.00457. The predicted molar refractivity (Wildman–Crippen MR) is 106 cm³/mol. The molecule has 1 saturated heterocycles. The molecular weight excluding hydrogens is 365 g/mol. The maximum absolute atomic E-state index is 14.5. The molecular formula is C19H24FN5OS. The Bertz CT molecular complexity index is 837. The Kier molecular flexibility index (Phi) is 4.94. The van der Waals surface area contributed by atoms with Gasteiger partial charge in [-0.1, -0.05) is 13.8 Å². The third-order valence-electron chi connectivity index (χ3n) is 4.79. The van der Waals surface area contributed by atoms with Crippen LogP contribution >= 0.6 is 11.8 Å². The van der Waals surface area contributed by atoms with E-state index in [1.165, 1.54) is 12.3 Å². The van der Waals surface area contributed by atoms with Gasteiger partial charge in [-0.25, -0.2) is 19.3 Å². The summed E-state index contributed by atoms with van der Waals surface area (Å²) in [6, 6.07) is 3.16. The first-order valence-electron chi connectivity index (χ1n) is 9.28. The average molecular weight is 390 g/mol. The highest BCUT2D eigenvalue weighted by Gasteiger charge is 2.47. The molecule has 0 atom stereocenters. The van der Waals surface area contributed by atoms with Gasteiger partial charge in [0.15, 0.2) is 0 Å². The molecule has 3 heterocycles. The van der Waals surface area contributed by atoms with Crippen molar-refractivity contribution in [3.05, 3.63) is 29.8 Å². The molecule has 0 spiro atoms. The quantitative estimate of drug-likeness (QED) is 0.841. The molecule has 0 bridgehead atoms. The van der Waals surface area contributed by atoms with E-state index in [-0.39, 0.29) is 10.6 Å². The topological polar surface area (TPSA) is 77.2 Å². The zero-order valence-corrected chi connectivity index (χ0v) is 16.4. The van der Waals surface area contributed by atoms with Crippen molar-refractivity contribution >= 4 is 23.5 Å². The molecule has 0 unspecified atom stereocenters. The Hall–Kier alpha value is -1.93. The molecule has 1 saturated carbocycles. The molecule has 27 heavy (non-hydrogen) atoms. The standard InChI is InChI=1S/C19H24FN5OS/c1-12(2)27-19(3-4-19)16-10-15(13-11-22-17(21)9-14(13)20)23-18(24-16)25-5-7-26-8-6-25/h9-12H,3-8H2,1-2H3,(H2,21,22). The minimum atomic E-state index is -0.415. The highest BCUT2D eigenvalue weighted by Crippen LogP contribution is 2.58. The highest BCUT2D eigenvalue weighted by atomic mass is 32.2. The number of rotatable bonds is 5. The van der Waals surface area contributed by atoms with Crippen LogP contribution in [0.1, 0.15) is 32.4 Å². The van der Waals surface area contributed by atoms with Crippen LogP contribution in [-0.2, 0) is 9.48 Å². The summed E-state index contributed by atoms with van der Waals surface area (Å²) in [6.07, 6.45) is 3.61. The molecule has 8 heteroatoms. The molecule has 1 aliphatic carbocycles. The van der Waals surface area contributed by atoms with Crippen LogP contribution in [-0.4, -0.2) is 46.5 Å².